The fourth-order valence-corrected chi connectivity index (χ4v) is 3.86. The van der Waals surface area contributed by atoms with Gasteiger partial charge in [-0.05, 0) is 60.6 Å². The van der Waals surface area contributed by atoms with E-state index >= 15 is 0 Å². The number of aryl methyl sites for hydroxylation is 1. The molecule has 0 bridgehead atoms. The molecule has 0 saturated carbocycles. The quantitative estimate of drug-likeness (QED) is 0.387. The molecule has 7 heteroatoms. The number of para-hydroxylation sites is 2. The number of imidazole rings is 2. The molecule has 0 aliphatic carbocycles. The highest BCUT2D eigenvalue weighted by Gasteiger charge is 2.11. The number of fused-ring (bicyclic) bond motifs is 2. The predicted molar refractivity (Wildman–Crippen MR) is 113 cm³/mol. The number of benzene rings is 2. The fraction of sp³-hybridized carbons (Fsp3) is 0.0455. The second-order valence-corrected chi connectivity index (χ2v) is 7.59. The third-order valence-corrected chi connectivity index (χ3v) is 5.27. The molecule has 2 N–H and O–H groups in total. The Kier molecular flexibility index (Phi) is 4.19. The van der Waals surface area contributed by atoms with Crippen LogP contribution in [0.1, 0.15) is 17.1 Å². The highest BCUT2D eigenvalue weighted by Crippen LogP contribution is 2.30. The Labute approximate surface area is 170 Å². The number of aromatic amines is 2. The second-order valence-electron chi connectivity index (χ2n) is 6.59. The highest BCUT2D eigenvalue weighted by atomic mass is 32.2. The largest absolute Gasteiger partial charge is 0.450 e. The summed E-state index contributed by atoms with van der Waals surface area (Å²) in [5.41, 5.74) is 5.16. The van der Waals surface area contributed by atoms with E-state index in [9.17, 15) is 5.26 Å². The molecule has 5 aromatic rings. The van der Waals surface area contributed by atoms with E-state index in [1.54, 1.807) is 6.08 Å². The van der Waals surface area contributed by atoms with Crippen LogP contribution in [0.2, 0.25) is 0 Å². The van der Waals surface area contributed by atoms with Gasteiger partial charge < -0.3 is 14.4 Å². The summed E-state index contributed by atoms with van der Waals surface area (Å²) in [4.78, 5) is 15.5. The molecular weight excluding hydrogens is 382 g/mol. The van der Waals surface area contributed by atoms with Crippen molar-refractivity contribution in [3.8, 4) is 6.07 Å². The Morgan fingerprint density at radius 1 is 1.03 bits per heavy atom. The van der Waals surface area contributed by atoms with Gasteiger partial charge in [-0.1, -0.05) is 18.2 Å². The molecule has 29 heavy (non-hydrogen) atoms. The van der Waals surface area contributed by atoms with Crippen molar-refractivity contribution in [3.63, 3.8) is 0 Å². The summed E-state index contributed by atoms with van der Waals surface area (Å²) in [5.74, 6) is 1.10. The van der Waals surface area contributed by atoms with Crippen LogP contribution >= 0.6 is 11.8 Å². The van der Waals surface area contributed by atoms with Gasteiger partial charge in [-0.2, -0.15) is 5.26 Å². The minimum Gasteiger partial charge on any atom is -0.450 e. The van der Waals surface area contributed by atoms with Crippen molar-refractivity contribution >= 4 is 45.5 Å². The number of hydrogen-bond donors (Lipinski definition) is 2. The smallest absolute Gasteiger partial charge is 0.174 e. The zero-order valence-electron chi connectivity index (χ0n) is 15.4. The van der Waals surface area contributed by atoms with E-state index in [2.05, 4.69) is 26.0 Å². The van der Waals surface area contributed by atoms with Crippen LogP contribution in [0.4, 0.5) is 0 Å². The van der Waals surface area contributed by atoms with Crippen LogP contribution in [0.15, 0.2) is 69.3 Å². The Morgan fingerprint density at radius 2 is 1.90 bits per heavy atom. The monoisotopic (exact) mass is 397 g/mol. The molecule has 0 unspecified atom stereocenters. The van der Waals surface area contributed by atoms with Crippen molar-refractivity contribution in [1.82, 2.24) is 19.9 Å². The summed E-state index contributed by atoms with van der Waals surface area (Å²) < 4.78 is 5.86. The summed E-state index contributed by atoms with van der Waals surface area (Å²) in [6.07, 6.45) is 1.69. The maximum atomic E-state index is 9.60. The van der Waals surface area contributed by atoms with Crippen molar-refractivity contribution in [2.45, 2.75) is 17.2 Å². The van der Waals surface area contributed by atoms with Crippen molar-refractivity contribution in [2.24, 2.45) is 0 Å². The average molecular weight is 397 g/mol. The Bertz CT molecular complexity index is 1380. The minimum atomic E-state index is 0.411. The van der Waals surface area contributed by atoms with Crippen LogP contribution in [-0.4, -0.2) is 19.9 Å². The fourth-order valence-electron chi connectivity index (χ4n) is 3.09. The van der Waals surface area contributed by atoms with Crippen molar-refractivity contribution in [2.75, 3.05) is 0 Å². The van der Waals surface area contributed by atoms with E-state index in [4.69, 9.17) is 4.42 Å². The third-order valence-electron chi connectivity index (χ3n) is 4.47. The number of aromatic nitrogens is 4. The van der Waals surface area contributed by atoms with Gasteiger partial charge in [-0.3, -0.25) is 0 Å². The molecule has 0 aliphatic rings. The zero-order valence-corrected chi connectivity index (χ0v) is 16.2. The van der Waals surface area contributed by atoms with Gasteiger partial charge in [0.05, 0.1) is 27.6 Å². The van der Waals surface area contributed by atoms with Crippen molar-refractivity contribution in [3.05, 3.63) is 71.7 Å². The van der Waals surface area contributed by atoms with Crippen LogP contribution in [-0.2, 0) is 0 Å². The molecule has 6 nitrogen and oxygen atoms in total. The molecule has 5 rings (SSSR count). The molecule has 3 heterocycles. The van der Waals surface area contributed by atoms with Crippen LogP contribution in [0.5, 0.6) is 0 Å². The lowest BCUT2D eigenvalue weighted by Gasteiger charge is -1.93. The van der Waals surface area contributed by atoms with Crippen LogP contribution in [0.25, 0.3) is 33.7 Å². The summed E-state index contributed by atoms with van der Waals surface area (Å²) in [7, 11) is 0. The summed E-state index contributed by atoms with van der Waals surface area (Å²) in [6.45, 7) is 2.02. The third kappa shape index (κ3) is 3.42. The van der Waals surface area contributed by atoms with E-state index in [0.717, 1.165) is 32.8 Å². The first-order valence-electron chi connectivity index (χ1n) is 8.99. The number of nitrogens with one attached hydrogen (secondary N) is 2. The Morgan fingerprint density at radius 3 is 2.76 bits per heavy atom. The topological polar surface area (TPSA) is 94.3 Å². The lowest BCUT2D eigenvalue weighted by molar-refractivity contribution is 0.466. The van der Waals surface area contributed by atoms with Gasteiger partial charge >= 0.3 is 0 Å². The van der Waals surface area contributed by atoms with Gasteiger partial charge in [0, 0.05) is 6.08 Å². The van der Waals surface area contributed by atoms with Crippen molar-refractivity contribution < 1.29 is 4.42 Å². The maximum Gasteiger partial charge on any atom is 0.174 e. The molecule has 140 valence electrons. The molecule has 0 saturated heterocycles. The number of H-pyrrole nitrogens is 2. The van der Waals surface area contributed by atoms with Crippen LogP contribution in [0, 0.1) is 18.3 Å². The van der Waals surface area contributed by atoms with E-state index < -0.39 is 0 Å². The number of hydrogen-bond acceptors (Lipinski definition) is 5. The second kappa shape index (κ2) is 7.00. The molecule has 0 aliphatic heterocycles. The lowest BCUT2D eigenvalue weighted by Crippen LogP contribution is -1.84. The van der Waals surface area contributed by atoms with Gasteiger partial charge in [0.1, 0.15) is 17.7 Å². The normalized spacial score (nSPS) is 11.9. The molecule has 3 aromatic heterocycles. The first-order valence-corrected chi connectivity index (χ1v) is 9.80. The van der Waals surface area contributed by atoms with Gasteiger partial charge in [-0.15, -0.1) is 0 Å². The molecular formula is C22H15N5OS. The summed E-state index contributed by atoms with van der Waals surface area (Å²) in [6, 6.07) is 19.7. The van der Waals surface area contributed by atoms with Gasteiger partial charge in [0.2, 0.25) is 0 Å². The van der Waals surface area contributed by atoms with E-state index in [1.165, 1.54) is 11.8 Å². The summed E-state index contributed by atoms with van der Waals surface area (Å²) >= 11 is 1.40. The zero-order chi connectivity index (χ0) is 19.8. The van der Waals surface area contributed by atoms with Gasteiger partial charge in [0.15, 0.2) is 10.2 Å². The molecule has 2 aromatic carbocycles. The van der Waals surface area contributed by atoms with Crippen LogP contribution < -0.4 is 0 Å². The van der Waals surface area contributed by atoms with E-state index in [-0.39, 0.29) is 0 Å². The molecule has 0 atom stereocenters. The molecule has 0 amide bonds. The molecule has 0 fully saturated rings. The maximum absolute atomic E-state index is 9.60. The number of nitriles is 1. The average Bonchev–Trinajstić information content (AvgIpc) is 3.43. The Balaban J connectivity index is 1.42. The standard InChI is InChI=1S/C22H15N5OS/c1-13-6-8-18-19(10-13)25-21(24-18)14(12-23)11-15-7-9-20(28-15)29-22-26-16-4-2-3-5-17(16)27-22/h2-11H,1H3,(H,24,25)(H,26,27)/b14-11+. The lowest BCUT2D eigenvalue weighted by atomic mass is 10.2. The first kappa shape index (κ1) is 17.3. The van der Waals surface area contributed by atoms with E-state index in [0.29, 0.717) is 22.3 Å². The van der Waals surface area contributed by atoms with Crippen molar-refractivity contribution in [1.29, 1.82) is 5.26 Å². The number of allylic oxidation sites excluding steroid dienone is 1. The van der Waals surface area contributed by atoms with Crippen LogP contribution in [0.3, 0.4) is 0 Å². The minimum absolute atomic E-state index is 0.411. The molecule has 0 radical (unpaired) electrons. The first-order chi connectivity index (χ1) is 14.2. The number of nitrogens with zero attached hydrogens (tertiary/aromatic N) is 3. The van der Waals surface area contributed by atoms with E-state index in [1.807, 2.05) is 61.5 Å². The van der Waals surface area contributed by atoms with Gasteiger partial charge in [0.25, 0.3) is 0 Å². The highest BCUT2D eigenvalue weighted by molar-refractivity contribution is 7.99. The number of furan rings is 1. The SMILES string of the molecule is Cc1ccc2nc(/C(C#N)=C/c3ccc(Sc4nc5ccccc5[nH]4)o3)[nH]c2c1. The molecule has 0 spiro atoms. The Hall–Kier alpha value is -3.76. The number of rotatable bonds is 4. The predicted octanol–water partition coefficient (Wildman–Crippen LogP) is 5.56. The summed E-state index contributed by atoms with van der Waals surface area (Å²) in [5, 5.41) is 11.0. The van der Waals surface area contributed by atoms with Gasteiger partial charge in [-0.25, -0.2) is 9.97 Å².